The van der Waals surface area contributed by atoms with E-state index >= 15 is 0 Å². The molecule has 0 radical (unpaired) electrons. The lowest BCUT2D eigenvalue weighted by molar-refractivity contribution is 0.0993. The van der Waals surface area contributed by atoms with E-state index in [2.05, 4.69) is 34.0 Å². The number of fused-ring (bicyclic) bond motifs is 1. The molecule has 5 aromatic rings. The molecule has 0 spiro atoms. The molecule has 7 heteroatoms. The molecule has 2 N–H and O–H groups in total. The molecule has 0 saturated carbocycles. The molecule has 2 heterocycles. The van der Waals surface area contributed by atoms with Crippen LogP contribution in [0.2, 0.25) is 0 Å². The van der Waals surface area contributed by atoms with Crippen molar-refractivity contribution >= 4 is 33.9 Å². The topological polar surface area (TPSA) is 75.2 Å². The zero-order chi connectivity index (χ0) is 29.1. The van der Waals surface area contributed by atoms with Gasteiger partial charge in [0.25, 0.3) is 5.91 Å². The average molecular weight is 558 g/mol. The maximum atomic E-state index is 13.4. The maximum absolute atomic E-state index is 13.4. The predicted molar refractivity (Wildman–Crippen MR) is 170 cm³/mol. The molecule has 0 bridgehead atoms. The van der Waals surface area contributed by atoms with Gasteiger partial charge in [-0.25, -0.2) is 4.99 Å². The fourth-order valence-corrected chi connectivity index (χ4v) is 5.44. The molecule has 1 aliphatic rings. The summed E-state index contributed by atoms with van der Waals surface area (Å²) in [6, 6.07) is 33.2. The molecule has 1 amide bonds. The van der Waals surface area contributed by atoms with E-state index in [1.54, 1.807) is 18.0 Å². The van der Waals surface area contributed by atoms with Gasteiger partial charge in [-0.15, -0.1) is 0 Å². The SMILES string of the molecule is CN1CCN(Cc2ccc(N=C(c3ccccc3)c3c(O)[nH]c4ccc(C(=O)N(C)c5ccccc5)cc34)cc2)CC1. The molecule has 1 aliphatic heterocycles. The van der Waals surface area contributed by atoms with Crippen molar-refractivity contribution < 1.29 is 9.90 Å². The highest BCUT2D eigenvalue weighted by molar-refractivity contribution is 6.22. The Kier molecular flexibility index (Phi) is 7.86. The standard InChI is InChI=1S/C35H35N5O2/c1-38-19-21-40(22-20-38)24-25-13-16-28(17-14-25)36-33(26-9-5-3-6-10-26)32-30-23-27(15-18-31(30)37-34(32)41)35(42)39(2)29-11-7-4-8-12-29/h3-18,23,37,41H,19-22,24H2,1-2H3. The van der Waals surface area contributed by atoms with Crippen LogP contribution in [-0.4, -0.2) is 71.8 Å². The monoisotopic (exact) mass is 557 g/mol. The van der Waals surface area contributed by atoms with Crippen LogP contribution in [-0.2, 0) is 6.54 Å². The van der Waals surface area contributed by atoms with Crippen molar-refractivity contribution in [1.29, 1.82) is 0 Å². The van der Waals surface area contributed by atoms with Crippen LogP contribution < -0.4 is 4.90 Å². The van der Waals surface area contributed by atoms with Gasteiger partial charge in [0, 0.05) is 67.5 Å². The zero-order valence-electron chi connectivity index (χ0n) is 24.0. The highest BCUT2D eigenvalue weighted by Crippen LogP contribution is 2.33. The van der Waals surface area contributed by atoms with E-state index in [0.29, 0.717) is 16.8 Å². The fraction of sp³-hybridized carbons (Fsp3) is 0.200. The Labute approximate surface area is 246 Å². The van der Waals surface area contributed by atoms with Crippen LogP contribution in [0, 0.1) is 0 Å². The van der Waals surface area contributed by atoms with E-state index in [0.717, 1.165) is 60.6 Å². The number of nitrogens with zero attached hydrogens (tertiary/aromatic N) is 4. The van der Waals surface area contributed by atoms with Crippen molar-refractivity contribution in [1.82, 2.24) is 14.8 Å². The molecule has 42 heavy (non-hydrogen) atoms. The number of likely N-dealkylation sites (N-methyl/N-ethyl adjacent to an activating group) is 1. The van der Waals surface area contributed by atoms with Crippen molar-refractivity contribution in [3.63, 3.8) is 0 Å². The number of carbonyl (C=O) groups is 1. The zero-order valence-corrected chi connectivity index (χ0v) is 24.0. The second-order valence-electron chi connectivity index (χ2n) is 10.9. The van der Waals surface area contributed by atoms with Gasteiger partial charge < -0.3 is 19.9 Å². The molecule has 1 aromatic heterocycles. The number of rotatable bonds is 7. The smallest absolute Gasteiger partial charge is 0.258 e. The minimum atomic E-state index is -0.135. The van der Waals surface area contributed by atoms with Crippen LogP contribution in [0.1, 0.15) is 27.0 Å². The largest absolute Gasteiger partial charge is 0.494 e. The number of hydrogen-bond acceptors (Lipinski definition) is 5. The second kappa shape index (κ2) is 12.0. The number of carbonyl (C=O) groups excluding carboxylic acids is 1. The Morgan fingerprint density at radius 1 is 0.857 bits per heavy atom. The minimum absolute atomic E-state index is 0.0142. The summed E-state index contributed by atoms with van der Waals surface area (Å²) in [5.74, 6) is -0.121. The molecule has 7 nitrogen and oxygen atoms in total. The quantitative estimate of drug-likeness (QED) is 0.238. The number of benzene rings is 4. The summed E-state index contributed by atoms with van der Waals surface area (Å²) in [6.45, 7) is 5.24. The first-order valence-corrected chi connectivity index (χ1v) is 14.3. The summed E-state index contributed by atoms with van der Waals surface area (Å²) in [4.78, 5) is 28.1. The Hall–Kier alpha value is -4.72. The van der Waals surface area contributed by atoms with Gasteiger partial charge in [0.05, 0.1) is 17.0 Å². The molecule has 0 atom stereocenters. The van der Waals surface area contributed by atoms with Crippen LogP contribution in [0.3, 0.4) is 0 Å². The average Bonchev–Trinajstić information content (AvgIpc) is 3.36. The van der Waals surface area contributed by atoms with Crippen molar-refractivity contribution in [3.05, 3.63) is 125 Å². The number of amides is 1. The molecule has 6 rings (SSSR count). The lowest BCUT2D eigenvalue weighted by atomic mass is 9.99. The third-order valence-corrected chi connectivity index (χ3v) is 7.94. The lowest BCUT2D eigenvalue weighted by Gasteiger charge is -2.32. The number of aliphatic imine (C=N–C) groups is 1. The Morgan fingerprint density at radius 3 is 2.21 bits per heavy atom. The van der Waals surface area contributed by atoms with E-state index in [9.17, 15) is 9.90 Å². The van der Waals surface area contributed by atoms with Crippen LogP contribution in [0.15, 0.2) is 108 Å². The Bertz CT molecular complexity index is 1700. The van der Waals surface area contributed by atoms with Crippen LogP contribution >= 0.6 is 0 Å². The summed E-state index contributed by atoms with van der Waals surface area (Å²) in [5.41, 5.74) is 6.17. The number of hydrogen-bond donors (Lipinski definition) is 2. The number of anilines is 1. The molecule has 0 unspecified atom stereocenters. The van der Waals surface area contributed by atoms with E-state index < -0.39 is 0 Å². The van der Waals surface area contributed by atoms with E-state index in [1.165, 1.54) is 5.56 Å². The number of aromatic amines is 1. The summed E-state index contributed by atoms with van der Waals surface area (Å²) in [5, 5.41) is 11.9. The molecule has 1 saturated heterocycles. The first-order valence-electron chi connectivity index (χ1n) is 14.3. The van der Waals surface area contributed by atoms with Crippen molar-refractivity contribution in [2.75, 3.05) is 45.2 Å². The maximum Gasteiger partial charge on any atom is 0.258 e. The van der Waals surface area contributed by atoms with Crippen molar-refractivity contribution in [2.24, 2.45) is 4.99 Å². The number of piperazine rings is 1. The third-order valence-electron chi connectivity index (χ3n) is 7.94. The number of nitrogens with one attached hydrogen (secondary N) is 1. The van der Waals surface area contributed by atoms with Gasteiger partial charge in [0.2, 0.25) is 0 Å². The van der Waals surface area contributed by atoms with Gasteiger partial charge in [-0.3, -0.25) is 9.69 Å². The molecule has 0 aliphatic carbocycles. The van der Waals surface area contributed by atoms with Crippen molar-refractivity contribution in [2.45, 2.75) is 6.54 Å². The van der Waals surface area contributed by atoms with Crippen molar-refractivity contribution in [3.8, 4) is 5.88 Å². The van der Waals surface area contributed by atoms with Gasteiger partial charge in [0.15, 0.2) is 5.88 Å². The van der Waals surface area contributed by atoms with E-state index in [1.807, 2.05) is 84.9 Å². The van der Waals surface area contributed by atoms with Gasteiger partial charge in [0.1, 0.15) is 0 Å². The molecular weight excluding hydrogens is 522 g/mol. The first-order chi connectivity index (χ1) is 20.5. The molecule has 1 fully saturated rings. The van der Waals surface area contributed by atoms with Crippen LogP contribution in [0.5, 0.6) is 5.88 Å². The number of H-pyrrole nitrogens is 1. The Balaban J connectivity index is 1.36. The highest BCUT2D eigenvalue weighted by atomic mass is 16.3. The minimum Gasteiger partial charge on any atom is -0.494 e. The lowest BCUT2D eigenvalue weighted by Crippen LogP contribution is -2.43. The molecule has 4 aromatic carbocycles. The molecular formula is C35H35N5O2. The van der Waals surface area contributed by atoms with Crippen LogP contribution in [0.4, 0.5) is 11.4 Å². The summed E-state index contributed by atoms with van der Waals surface area (Å²) in [6.07, 6.45) is 0. The first kappa shape index (κ1) is 27.4. The van der Waals surface area contributed by atoms with E-state index in [-0.39, 0.29) is 11.8 Å². The number of aromatic nitrogens is 1. The van der Waals surface area contributed by atoms with Gasteiger partial charge in [-0.2, -0.15) is 0 Å². The van der Waals surface area contributed by atoms with Crippen LogP contribution in [0.25, 0.3) is 10.9 Å². The highest BCUT2D eigenvalue weighted by Gasteiger charge is 2.21. The Morgan fingerprint density at radius 2 is 1.52 bits per heavy atom. The van der Waals surface area contributed by atoms with Gasteiger partial charge in [-0.05, 0) is 55.1 Å². The van der Waals surface area contributed by atoms with Gasteiger partial charge >= 0.3 is 0 Å². The predicted octanol–water partition coefficient (Wildman–Crippen LogP) is 6.07. The third kappa shape index (κ3) is 5.84. The summed E-state index contributed by atoms with van der Waals surface area (Å²) in [7, 11) is 3.93. The normalized spacial score (nSPS) is 14.8. The van der Waals surface area contributed by atoms with Gasteiger partial charge in [-0.1, -0.05) is 60.7 Å². The number of para-hydroxylation sites is 1. The number of aromatic hydroxyl groups is 1. The fourth-order valence-electron chi connectivity index (χ4n) is 5.44. The van der Waals surface area contributed by atoms with E-state index in [4.69, 9.17) is 4.99 Å². The summed E-state index contributed by atoms with van der Waals surface area (Å²) >= 11 is 0. The molecule has 212 valence electrons. The second-order valence-corrected chi connectivity index (χ2v) is 10.9. The summed E-state index contributed by atoms with van der Waals surface area (Å²) < 4.78 is 0.